The summed E-state index contributed by atoms with van der Waals surface area (Å²) in [7, 11) is -8.30. The van der Waals surface area contributed by atoms with Gasteiger partial charge < -0.3 is 5.11 Å². The lowest BCUT2D eigenvalue weighted by molar-refractivity contribution is -0.384. The van der Waals surface area contributed by atoms with Crippen LogP contribution in [0.5, 0.6) is 5.75 Å². The van der Waals surface area contributed by atoms with Crippen LogP contribution >= 0.6 is 0 Å². The van der Waals surface area contributed by atoms with Gasteiger partial charge in [0.1, 0.15) is 5.75 Å². The molecule has 2 rings (SSSR count). The van der Waals surface area contributed by atoms with Crippen LogP contribution in [0.3, 0.4) is 0 Å². The molecule has 1 fully saturated rings. The van der Waals surface area contributed by atoms with Crippen LogP contribution in [0, 0.1) is 21.4 Å². The summed E-state index contributed by atoms with van der Waals surface area (Å²) in [6.45, 7) is 5.27. The smallest absolute Gasteiger partial charge is 0.270 e. The number of nitro benzene ring substituents is 1. The average molecular weight is 377 g/mol. The number of nitro groups is 1. The van der Waals surface area contributed by atoms with E-state index in [9.17, 15) is 32.1 Å². The van der Waals surface area contributed by atoms with Crippen molar-refractivity contribution in [1.82, 2.24) is 0 Å². The maximum atomic E-state index is 12.6. The van der Waals surface area contributed by atoms with Gasteiger partial charge in [0.25, 0.3) is 5.69 Å². The van der Waals surface area contributed by atoms with Gasteiger partial charge in [0.05, 0.1) is 16.4 Å². The predicted molar refractivity (Wildman–Crippen MR) is 88.0 cm³/mol. The Hall–Kier alpha value is -1.68. The fourth-order valence-electron chi connectivity index (χ4n) is 2.74. The van der Waals surface area contributed by atoms with Crippen LogP contribution < -0.4 is 0 Å². The summed E-state index contributed by atoms with van der Waals surface area (Å²) in [4.78, 5) is 10.1. The Bertz CT molecular complexity index is 846. The highest BCUT2D eigenvalue weighted by molar-refractivity contribution is 8.09. The van der Waals surface area contributed by atoms with Gasteiger partial charge in [-0.05, 0) is 17.4 Å². The number of sulfone groups is 2. The number of hydrogen-bond acceptors (Lipinski definition) is 7. The van der Waals surface area contributed by atoms with Crippen molar-refractivity contribution >= 4 is 25.4 Å². The molecule has 0 radical (unpaired) electrons. The van der Waals surface area contributed by atoms with Gasteiger partial charge in [-0.15, -0.1) is 0 Å². The SMILES string of the molecule is CC(C)(C)C1CS(=O)(=O)C(c2cc([N+](=O)[O-])ccc2O)S(=O)(=O)C1. The lowest BCUT2D eigenvalue weighted by Gasteiger charge is -2.36. The van der Waals surface area contributed by atoms with Gasteiger partial charge in [0.15, 0.2) is 24.3 Å². The van der Waals surface area contributed by atoms with E-state index in [0.29, 0.717) is 0 Å². The molecule has 0 amide bonds. The molecule has 1 aliphatic rings. The maximum absolute atomic E-state index is 12.6. The molecule has 1 N–H and O–H groups in total. The Labute approximate surface area is 140 Å². The average Bonchev–Trinajstić information content (AvgIpc) is 2.36. The molecule has 1 aromatic carbocycles. The van der Waals surface area contributed by atoms with E-state index in [0.717, 1.165) is 18.2 Å². The first-order chi connectivity index (χ1) is 10.8. The van der Waals surface area contributed by atoms with E-state index >= 15 is 0 Å². The molecule has 0 unspecified atom stereocenters. The zero-order valence-corrected chi connectivity index (χ0v) is 15.1. The van der Waals surface area contributed by atoms with Gasteiger partial charge in [0.2, 0.25) is 0 Å². The Balaban J connectivity index is 2.63. The van der Waals surface area contributed by atoms with E-state index in [1.54, 1.807) is 20.8 Å². The van der Waals surface area contributed by atoms with Crippen LogP contribution in [0.25, 0.3) is 0 Å². The molecular formula is C14H19NO7S2. The summed E-state index contributed by atoms with van der Waals surface area (Å²) in [5, 5.41) is 20.8. The molecule has 1 aromatic rings. The number of hydrogen-bond donors (Lipinski definition) is 1. The molecule has 0 aromatic heterocycles. The maximum Gasteiger partial charge on any atom is 0.270 e. The third kappa shape index (κ3) is 3.39. The first-order valence-electron chi connectivity index (χ1n) is 7.16. The molecule has 0 saturated carbocycles. The van der Waals surface area contributed by atoms with Crippen molar-refractivity contribution in [3.63, 3.8) is 0 Å². The number of rotatable bonds is 2. The third-order valence-electron chi connectivity index (χ3n) is 4.22. The molecular weight excluding hydrogens is 358 g/mol. The molecule has 8 nitrogen and oxygen atoms in total. The Morgan fingerprint density at radius 3 is 2.04 bits per heavy atom. The molecule has 0 bridgehead atoms. The third-order valence-corrected chi connectivity index (χ3v) is 9.53. The Morgan fingerprint density at radius 2 is 1.62 bits per heavy atom. The highest BCUT2D eigenvalue weighted by Gasteiger charge is 2.50. The lowest BCUT2D eigenvalue weighted by Crippen LogP contribution is -2.43. The van der Waals surface area contributed by atoms with Crippen molar-refractivity contribution in [1.29, 1.82) is 0 Å². The first-order valence-corrected chi connectivity index (χ1v) is 10.6. The highest BCUT2D eigenvalue weighted by Crippen LogP contribution is 2.44. The second kappa shape index (κ2) is 5.69. The second-order valence-electron chi connectivity index (χ2n) is 7.05. The minimum absolute atomic E-state index is 0.359. The zero-order chi connectivity index (χ0) is 18.5. The van der Waals surface area contributed by atoms with Crippen molar-refractivity contribution in [2.75, 3.05) is 11.5 Å². The fourth-order valence-corrected chi connectivity index (χ4v) is 9.00. The quantitative estimate of drug-likeness (QED) is 0.614. The largest absolute Gasteiger partial charge is 0.508 e. The normalized spacial score (nSPS) is 26.0. The summed E-state index contributed by atoms with van der Waals surface area (Å²) in [5.41, 5.74) is -1.47. The Kier molecular flexibility index (Phi) is 4.43. The van der Waals surface area contributed by atoms with Gasteiger partial charge in [-0.25, -0.2) is 16.8 Å². The number of aromatic hydroxyl groups is 1. The van der Waals surface area contributed by atoms with Gasteiger partial charge in [-0.3, -0.25) is 10.1 Å². The van der Waals surface area contributed by atoms with Crippen LogP contribution in [0.15, 0.2) is 18.2 Å². The molecule has 0 spiro atoms. The molecule has 24 heavy (non-hydrogen) atoms. The standard InChI is InChI=1S/C14H19NO7S2/c1-14(2,3)9-7-23(19,20)13(24(21,22)8-9)11-6-10(15(17)18)4-5-12(11)16/h4-6,9,13,16H,7-8H2,1-3H3. The molecule has 134 valence electrons. The number of phenolic OH excluding ortho intramolecular Hbond substituents is 1. The minimum Gasteiger partial charge on any atom is -0.508 e. The van der Waals surface area contributed by atoms with Crippen LogP contribution in [0.2, 0.25) is 0 Å². The molecule has 10 heteroatoms. The van der Waals surface area contributed by atoms with Gasteiger partial charge in [0, 0.05) is 17.7 Å². The number of phenols is 1. The Morgan fingerprint density at radius 1 is 1.12 bits per heavy atom. The lowest BCUT2D eigenvalue weighted by atomic mass is 9.83. The summed E-state index contributed by atoms with van der Waals surface area (Å²) < 4.78 is 48.5. The topological polar surface area (TPSA) is 132 Å². The molecule has 1 saturated heterocycles. The van der Waals surface area contributed by atoms with E-state index in [4.69, 9.17) is 0 Å². The van der Waals surface area contributed by atoms with E-state index < -0.39 is 57.5 Å². The summed E-state index contributed by atoms with van der Waals surface area (Å²) >= 11 is 0. The molecule has 0 atom stereocenters. The van der Waals surface area contributed by atoms with E-state index in [-0.39, 0.29) is 11.5 Å². The molecule has 1 aliphatic heterocycles. The van der Waals surface area contributed by atoms with Crippen molar-refractivity contribution in [2.45, 2.75) is 25.4 Å². The predicted octanol–water partition coefficient (Wildman–Crippen LogP) is 1.80. The van der Waals surface area contributed by atoms with E-state index in [1.807, 2.05) is 0 Å². The molecule has 1 heterocycles. The number of non-ortho nitro benzene ring substituents is 1. The zero-order valence-electron chi connectivity index (χ0n) is 13.5. The number of benzene rings is 1. The van der Waals surface area contributed by atoms with Crippen molar-refractivity contribution in [3.8, 4) is 5.75 Å². The first kappa shape index (κ1) is 18.7. The van der Waals surface area contributed by atoms with Gasteiger partial charge >= 0.3 is 0 Å². The van der Waals surface area contributed by atoms with Crippen LogP contribution in [0.4, 0.5) is 5.69 Å². The van der Waals surface area contributed by atoms with Crippen LogP contribution in [-0.2, 0) is 19.7 Å². The highest BCUT2D eigenvalue weighted by atomic mass is 32.3. The van der Waals surface area contributed by atoms with Crippen molar-refractivity contribution in [2.24, 2.45) is 11.3 Å². The summed E-state index contributed by atoms with van der Waals surface area (Å²) in [6, 6.07) is 2.74. The van der Waals surface area contributed by atoms with E-state index in [2.05, 4.69) is 0 Å². The van der Waals surface area contributed by atoms with Crippen molar-refractivity contribution < 1.29 is 26.9 Å². The van der Waals surface area contributed by atoms with Crippen LogP contribution in [-0.4, -0.2) is 38.4 Å². The van der Waals surface area contributed by atoms with Gasteiger partial charge in [-0.2, -0.15) is 0 Å². The fraction of sp³-hybridized carbons (Fsp3) is 0.571. The minimum atomic E-state index is -4.15. The number of nitrogens with zero attached hydrogens (tertiary/aromatic N) is 1. The second-order valence-corrected chi connectivity index (χ2v) is 11.6. The molecule has 0 aliphatic carbocycles. The van der Waals surface area contributed by atoms with E-state index in [1.165, 1.54) is 0 Å². The van der Waals surface area contributed by atoms with Crippen LogP contribution in [0.1, 0.15) is 30.9 Å². The summed E-state index contributed by atoms with van der Waals surface area (Å²) in [5.74, 6) is -1.90. The summed E-state index contributed by atoms with van der Waals surface area (Å²) in [6.07, 6.45) is 0. The van der Waals surface area contributed by atoms with Gasteiger partial charge in [-0.1, -0.05) is 20.8 Å². The van der Waals surface area contributed by atoms with Crippen molar-refractivity contribution in [3.05, 3.63) is 33.9 Å². The monoisotopic (exact) mass is 377 g/mol.